The van der Waals surface area contributed by atoms with Gasteiger partial charge in [0.15, 0.2) is 5.65 Å². The van der Waals surface area contributed by atoms with Crippen LogP contribution in [-0.4, -0.2) is 23.6 Å². The standard InChI is InChI=1S/C12H8F2N4O2S/c13-8-1-2-10(14)11(4-8)21(19,20)18-9-3-7-5-16-17-12(7)15-6-9/h1-6,18H,(H,15,16,17). The number of benzene rings is 1. The van der Waals surface area contributed by atoms with Gasteiger partial charge in [-0.2, -0.15) is 5.10 Å². The number of H-pyrrole nitrogens is 1. The molecule has 0 unspecified atom stereocenters. The molecule has 0 spiro atoms. The molecule has 6 nitrogen and oxygen atoms in total. The maximum absolute atomic E-state index is 13.6. The van der Waals surface area contributed by atoms with Crippen LogP contribution >= 0.6 is 0 Å². The first kappa shape index (κ1) is 13.4. The van der Waals surface area contributed by atoms with Gasteiger partial charge < -0.3 is 0 Å². The zero-order valence-electron chi connectivity index (χ0n) is 10.3. The van der Waals surface area contributed by atoms with Crippen LogP contribution in [0, 0.1) is 11.6 Å². The van der Waals surface area contributed by atoms with Gasteiger partial charge in [0.05, 0.1) is 18.1 Å². The normalized spacial score (nSPS) is 11.7. The molecular weight excluding hydrogens is 302 g/mol. The van der Waals surface area contributed by atoms with Gasteiger partial charge in [-0.25, -0.2) is 22.2 Å². The molecule has 2 aromatic heterocycles. The average Bonchev–Trinajstić information content (AvgIpc) is 2.88. The second-order valence-corrected chi connectivity index (χ2v) is 5.86. The third-order valence-electron chi connectivity index (χ3n) is 2.73. The topological polar surface area (TPSA) is 87.7 Å². The summed E-state index contributed by atoms with van der Waals surface area (Å²) in [5.74, 6) is -1.89. The van der Waals surface area contributed by atoms with Crippen molar-refractivity contribution in [2.75, 3.05) is 4.72 Å². The summed E-state index contributed by atoms with van der Waals surface area (Å²) in [6.45, 7) is 0. The first-order valence-corrected chi connectivity index (χ1v) is 7.21. The van der Waals surface area contributed by atoms with Gasteiger partial charge in [0.25, 0.3) is 10.0 Å². The summed E-state index contributed by atoms with van der Waals surface area (Å²) in [7, 11) is -4.25. The molecule has 1 aromatic carbocycles. The summed E-state index contributed by atoms with van der Waals surface area (Å²) in [6.07, 6.45) is 2.71. The largest absolute Gasteiger partial charge is 0.278 e. The third kappa shape index (κ3) is 2.55. The number of hydrogen-bond acceptors (Lipinski definition) is 4. The number of sulfonamides is 1. The summed E-state index contributed by atoms with van der Waals surface area (Å²) >= 11 is 0. The molecule has 3 rings (SSSR count). The quantitative estimate of drug-likeness (QED) is 0.775. The fraction of sp³-hybridized carbons (Fsp3) is 0. The van der Waals surface area contributed by atoms with Crippen LogP contribution in [0.1, 0.15) is 0 Å². The molecule has 0 saturated heterocycles. The molecule has 2 N–H and O–H groups in total. The minimum absolute atomic E-state index is 0.118. The van der Waals surface area contributed by atoms with Gasteiger partial charge in [-0.1, -0.05) is 0 Å². The van der Waals surface area contributed by atoms with Crippen molar-refractivity contribution in [1.29, 1.82) is 0 Å². The Hall–Kier alpha value is -2.55. The number of nitrogens with one attached hydrogen (secondary N) is 2. The van der Waals surface area contributed by atoms with E-state index in [4.69, 9.17) is 0 Å². The first-order chi connectivity index (χ1) is 9.95. The first-order valence-electron chi connectivity index (χ1n) is 5.73. The monoisotopic (exact) mass is 310 g/mol. The molecule has 0 bridgehead atoms. The minimum atomic E-state index is -4.25. The fourth-order valence-corrected chi connectivity index (χ4v) is 2.91. The van der Waals surface area contributed by atoms with E-state index in [1.807, 2.05) is 0 Å². The SMILES string of the molecule is O=S(=O)(Nc1cnc2[nH]ncc2c1)c1cc(F)ccc1F. The van der Waals surface area contributed by atoms with Crippen LogP contribution in [-0.2, 0) is 10.0 Å². The van der Waals surface area contributed by atoms with Crippen LogP contribution in [0.5, 0.6) is 0 Å². The van der Waals surface area contributed by atoms with Gasteiger partial charge >= 0.3 is 0 Å². The van der Waals surface area contributed by atoms with E-state index < -0.39 is 26.6 Å². The minimum Gasteiger partial charge on any atom is -0.278 e. The number of halogens is 2. The van der Waals surface area contributed by atoms with E-state index in [-0.39, 0.29) is 5.69 Å². The lowest BCUT2D eigenvalue weighted by Gasteiger charge is -2.08. The lowest BCUT2D eigenvalue weighted by molar-refractivity contribution is 0.555. The van der Waals surface area contributed by atoms with Crippen LogP contribution < -0.4 is 4.72 Å². The van der Waals surface area contributed by atoms with E-state index in [0.717, 1.165) is 12.1 Å². The molecule has 0 amide bonds. The highest BCUT2D eigenvalue weighted by Crippen LogP contribution is 2.21. The third-order valence-corrected chi connectivity index (χ3v) is 4.12. The lowest BCUT2D eigenvalue weighted by Crippen LogP contribution is -2.15. The van der Waals surface area contributed by atoms with Crippen molar-refractivity contribution in [3.05, 3.63) is 48.3 Å². The van der Waals surface area contributed by atoms with Gasteiger partial charge in [-0.15, -0.1) is 0 Å². The van der Waals surface area contributed by atoms with E-state index in [0.29, 0.717) is 17.1 Å². The summed E-state index contributed by atoms with van der Waals surface area (Å²) in [4.78, 5) is 3.18. The van der Waals surface area contributed by atoms with Crippen LogP contribution in [0.3, 0.4) is 0 Å². The Balaban J connectivity index is 2.00. The Morgan fingerprint density at radius 2 is 1.95 bits per heavy atom. The van der Waals surface area contributed by atoms with Gasteiger partial charge in [0.2, 0.25) is 0 Å². The lowest BCUT2D eigenvalue weighted by atomic mass is 10.3. The van der Waals surface area contributed by atoms with Gasteiger partial charge in [0, 0.05) is 5.39 Å². The average molecular weight is 310 g/mol. The summed E-state index contributed by atoms with van der Waals surface area (Å²) in [6, 6.07) is 3.68. The van der Waals surface area contributed by atoms with Crippen molar-refractivity contribution in [3.8, 4) is 0 Å². The number of anilines is 1. The van der Waals surface area contributed by atoms with Crippen molar-refractivity contribution in [2.45, 2.75) is 4.90 Å². The highest BCUT2D eigenvalue weighted by molar-refractivity contribution is 7.92. The van der Waals surface area contributed by atoms with Gasteiger partial charge in [-0.3, -0.25) is 9.82 Å². The predicted octanol–water partition coefficient (Wildman–Crippen LogP) is 2.04. The fourth-order valence-electron chi connectivity index (χ4n) is 1.79. The van der Waals surface area contributed by atoms with Gasteiger partial charge in [-0.05, 0) is 24.3 Å². The Labute approximate surface area is 117 Å². The molecular formula is C12H8F2N4O2S. The zero-order valence-corrected chi connectivity index (χ0v) is 11.2. The Bertz CT molecular complexity index is 924. The van der Waals surface area contributed by atoms with Crippen molar-refractivity contribution in [2.24, 2.45) is 0 Å². The highest BCUT2D eigenvalue weighted by atomic mass is 32.2. The van der Waals surface area contributed by atoms with Crippen molar-refractivity contribution in [1.82, 2.24) is 15.2 Å². The maximum atomic E-state index is 13.6. The van der Waals surface area contributed by atoms with Crippen molar-refractivity contribution < 1.29 is 17.2 Å². The van der Waals surface area contributed by atoms with Crippen molar-refractivity contribution in [3.63, 3.8) is 0 Å². The maximum Gasteiger partial charge on any atom is 0.264 e. The molecule has 0 aliphatic carbocycles. The molecule has 2 heterocycles. The number of nitrogens with zero attached hydrogens (tertiary/aromatic N) is 2. The van der Waals surface area contributed by atoms with E-state index in [1.54, 1.807) is 0 Å². The summed E-state index contributed by atoms with van der Waals surface area (Å²) < 4.78 is 53.0. The van der Waals surface area contributed by atoms with Crippen LogP contribution in [0.2, 0.25) is 0 Å². The Morgan fingerprint density at radius 3 is 2.76 bits per heavy atom. The van der Waals surface area contributed by atoms with Gasteiger partial charge in [0.1, 0.15) is 16.5 Å². The second kappa shape index (κ2) is 4.77. The molecule has 108 valence electrons. The summed E-state index contributed by atoms with van der Waals surface area (Å²) in [5.41, 5.74) is 0.599. The molecule has 0 aliphatic heterocycles. The zero-order chi connectivity index (χ0) is 15.0. The molecule has 0 saturated carbocycles. The molecule has 0 aliphatic rings. The molecule has 9 heteroatoms. The number of rotatable bonds is 3. The molecule has 0 fully saturated rings. The second-order valence-electron chi connectivity index (χ2n) is 4.21. The van der Waals surface area contributed by atoms with E-state index >= 15 is 0 Å². The van der Waals surface area contributed by atoms with E-state index in [1.165, 1.54) is 18.5 Å². The predicted molar refractivity (Wildman–Crippen MR) is 71.1 cm³/mol. The number of fused-ring (bicyclic) bond motifs is 1. The van der Waals surface area contributed by atoms with Crippen LogP contribution in [0.15, 0.2) is 41.6 Å². The smallest absolute Gasteiger partial charge is 0.264 e. The number of hydrogen-bond donors (Lipinski definition) is 2. The Kier molecular flexibility index (Phi) is 3.05. The van der Waals surface area contributed by atoms with Crippen LogP contribution in [0.4, 0.5) is 14.5 Å². The molecule has 21 heavy (non-hydrogen) atoms. The number of aromatic amines is 1. The Morgan fingerprint density at radius 1 is 1.14 bits per heavy atom. The molecule has 3 aromatic rings. The number of aromatic nitrogens is 3. The van der Waals surface area contributed by atoms with E-state index in [9.17, 15) is 17.2 Å². The molecule has 0 atom stereocenters. The summed E-state index contributed by atoms with van der Waals surface area (Å²) in [5, 5.41) is 6.94. The molecule has 0 radical (unpaired) electrons. The van der Waals surface area contributed by atoms with E-state index in [2.05, 4.69) is 19.9 Å². The number of pyridine rings is 1. The van der Waals surface area contributed by atoms with Crippen LogP contribution in [0.25, 0.3) is 11.0 Å². The highest BCUT2D eigenvalue weighted by Gasteiger charge is 2.20. The van der Waals surface area contributed by atoms with Crippen molar-refractivity contribution >= 4 is 26.7 Å².